The lowest BCUT2D eigenvalue weighted by Crippen LogP contribution is -2.35. The molecule has 0 aromatic heterocycles. The lowest BCUT2D eigenvalue weighted by atomic mass is 9.81. The summed E-state index contributed by atoms with van der Waals surface area (Å²) >= 11 is 2.13. The van der Waals surface area contributed by atoms with Crippen molar-refractivity contribution >= 4 is 11.8 Å². The summed E-state index contributed by atoms with van der Waals surface area (Å²) in [5.41, 5.74) is 0. The average Bonchev–Trinajstić information content (AvgIpc) is 2.33. The molecule has 1 saturated heterocycles. The molecule has 2 aliphatic rings. The van der Waals surface area contributed by atoms with Gasteiger partial charge in [-0.2, -0.15) is 11.8 Å². The van der Waals surface area contributed by atoms with E-state index in [2.05, 4.69) is 24.0 Å². The van der Waals surface area contributed by atoms with Gasteiger partial charge in [-0.1, -0.05) is 32.6 Å². The third kappa shape index (κ3) is 4.29. The van der Waals surface area contributed by atoms with Crippen LogP contribution in [0.1, 0.15) is 51.9 Å². The van der Waals surface area contributed by atoms with Crippen LogP contribution < -0.4 is 5.32 Å². The third-order valence-electron chi connectivity index (χ3n) is 4.28. The third-order valence-corrected chi connectivity index (χ3v) is 5.50. The van der Waals surface area contributed by atoms with Crippen LogP contribution in [0.5, 0.6) is 0 Å². The lowest BCUT2D eigenvalue weighted by molar-refractivity contribution is 0.272. The summed E-state index contributed by atoms with van der Waals surface area (Å²) < 4.78 is 0. The summed E-state index contributed by atoms with van der Waals surface area (Å²) in [5, 5.41) is 3.76. The molecule has 1 N–H and O–H groups in total. The molecule has 1 saturated carbocycles. The van der Waals surface area contributed by atoms with Crippen LogP contribution in [0.2, 0.25) is 0 Å². The van der Waals surface area contributed by atoms with Crippen molar-refractivity contribution in [2.24, 2.45) is 11.8 Å². The van der Waals surface area contributed by atoms with Gasteiger partial charge in [-0.3, -0.25) is 0 Å². The number of rotatable bonds is 4. The highest BCUT2D eigenvalue weighted by Gasteiger charge is 2.18. The van der Waals surface area contributed by atoms with Crippen LogP contribution >= 0.6 is 11.8 Å². The van der Waals surface area contributed by atoms with Crippen molar-refractivity contribution in [1.82, 2.24) is 5.32 Å². The maximum absolute atomic E-state index is 3.76. The summed E-state index contributed by atoms with van der Waals surface area (Å²) in [6, 6.07) is 0.821. The second kappa shape index (κ2) is 6.90. The summed E-state index contributed by atoms with van der Waals surface area (Å²) in [6.07, 6.45) is 10.2. The summed E-state index contributed by atoms with van der Waals surface area (Å²) in [7, 11) is 0. The standard InChI is InChI=1S/C14H27NS/c1-12-4-6-13(7-5-12)8-9-15-14-3-2-10-16-11-14/h12-15H,2-11H2,1H3. The highest BCUT2D eigenvalue weighted by molar-refractivity contribution is 7.99. The number of hydrogen-bond donors (Lipinski definition) is 1. The maximum Gasteiger partial charge on any atom is 0.0158 e. The molecule has 1 nitrogen and oxygen atoms in total. The van der Waals surface area contributed by atoms with E-state index in [9.17, 15) is 0 Å². The molecule has 94 valence electrons. The molecule has 0 spiro atoms. The van der Waals surface area contributed by atoms with E-state index < -0.39 is 0 Å². The first-order chi connectivity index (χ1) is 7.84. The summed E-state index contributed by atoms with van der Waals surface area (Å²) in [6.45, 7) is 3.68. The normalized spacial score (nSPS) is 36.2. The maximum atomic E-state index is 3.76. The molecule has 2 heteroatoms. The minimum absolute atomic E-state index is 0.821. The van der Waals surface area contributed by atoms with Crippen LogP contribution in [0.15, 0.2) is 0 Å². The topological polar surface area (TPSA) is 12.0 Å². The summed E-state index contributed by atoms with van der Waals surface area (Å²) in [4.78, 5) is 0. The van der Waals surface area contributed by atoms with Crippen LogP contribution in [0.4, 0.5) is 0 Å². The Labute approximate surface area is 105 Å². The first kappa shape index (κ1) is 12.8. The van der Waals surface area contributed by atoms with Gasteiger partial charge in [0.1, 0.15) is 0 Å². The highest BCUT2D eigenvalue weighted by Crippen LogP contribution is 2.30. The zero-order chi connectivity index (χ0) is 11.2. The SMILES string of the molecule is CC1CCC(CCNC2CCCSC2)CC1. The van der Waals surface area contributed by atoms with Gasteiger partial charge < -0.3 is 5.32 Å². The van der Waals surface area contributed by atoms with Gasteiger partial charge >= 0.3 is 0 Å². The van der Waals surface area contributed by atoms with E-state index in [0.29, 0.717) is 0 Å². The van der Waals surface area contributed by atoms with Crippen LogP contribution in [-0.4, -0.2) is 24.1 Å². The van der Waals surface area contributed by atoms with Gasteiger partial charge in [-0.15, -0.1) is 0 Å². The van der Waals surface area contributed by atoms with Crippen LogP contribution in [0.25, 0.3) is 0 Å². The van der Waals surface area contributed by atoms with Gasteiger partial charge in [0.25, 0.3) is 0 Å². The van der Waals surface area contributed by atoms with E-state index in [1.54, 1.807) is 0 Å². The largest absolute Gasteiger partial charge is 0.313 e. The minimum Gasteiger partial charge on any atom is -0.313 e. The predicted octanol–water partition coefficient (Wildman–Crippen LogP) is 3.69. The van der Waals surface area contributed by atoms with Crippen molar-refractivity contribution in [3.63, 3.8) is 0 Å². The monoisotopic (exact) mass is 241 g/mol. The van der Waals surface area contributed by atoms with Crippen LogP contribution in [-0.2, 0) is 0 Å². The predicted molar refractivity (Wildman–Crippen MR) is 74.1 cm³/mol. The lowest BCUT2D eigenvalue weighted by Gasteiger charge is -2.28. The van der Waals surface area contributed by atoms with Crippen molar-refractivity contribution in [3.8, 4) is 0 Å². The Morgan fingerprint density at radius 2 is 1.94 bits per heavy atom. The van der Waals surface area contributed by atoms with Gasteiger partial charge in [0.15, 0.2) is 0 Å². The van der Waals surface area contributed by atoms with E-state index in [4.69, 9.17) is 0 Å². The molecule has 2 rings (SSSR count). The molecule has 2 fully saturated rings. The van der Waals surface area contributed by atoms with E-state index in [-0.39, 0.29) is 0 Å². The van der Waals surface area contributed by atoms with Crippen LogP contribution in [0.3, 0.4) is 0 Å². The molecule has 1 aliphatic heterocycles. The minimum atomic E-state index is 0.821. The van der Waals surface area contributed by atoms with Crippen LogP contribution in [0, 0.1) is 11.8 Å². The van der Waals surface area contributed by atoms with Gasteiger partial charge in [0.05, 0.1) is 0 Å². The Morgan fingerprint density at radius 3 is 2.62 bits per heavy atom. The molecule has 1 atom stereocenters. The second-order valence-electron chi connectivity index (χ2n) is 5.78. The average molecular weight is 241 g/mol. The Bertz CT molecular complexity index is 181. The number of nitrogens with one attached hydrogen (secondary N) is 1. The molecule has 1 aliphatic carbocycles. The Hall–Kier alpha value is 0.310. The van der Waals surface area contributed by atoms with E-state index >= 15 is 0 Å². The summed E-state index contributed by atoms with van der Waals surface area (Å²) in [5.74, 6) is 4.76. The van der Waals surface area contributed by atoms with Gasteiger partial charge in [-0.25, -0.2) is 0 Å². The molecule has 0 aromatic carbocycles. The van der Waals surface area contributed by atoms with Crippen molar-refractivity contribution in [2.75, 3.05) is 18.1 Å². The Balaban J connectivity index is 1.53. The molecular formula is C14H27NS. The van der Waals surface area contributed by atoms with Gasteiger partial charge in [-0.05, 0) is 43.4 Å². The molecule has 1 heterocycles. The zero-order valence-electron chi connectivity index (χ0n) is 10.7. The molecule has 16 heavy (non-hydrogen) atoms. The molecule has 0 amide bonds. The zero-order valence-corrected chi connectivity index (χ0v) is 11.5. The fourth-order valence-corrected chi connectivity index (χ4v) is 4.12. The Morgan fingerprint density at radius 1 is 1.12 bits per heavy atom. The molecule has 0 bridgehead atoms. The number of hydrogen-bond acceptors (Lipinski definition) is 2. The first-order valence-corrected chi connectivity index (χ1v) is 8.31. The highest BCUT2D eigenvalue weighted by atomic mass is 32.2. The smallest absolute Gasteiger partial charge is 0.0158 e. The fourth-order valence-electron chi connectivity index (χ4n) is 3.01. The van der Waals surface area contributed by atoms with Gasteiger partial charge in [0, 0.05) is 11.8 Å². The van der Waals surface area contributed by atoms with Crippen molar-refractivity contribution in [2.45, 2.75) is 57.9 Å². The Kier molecular flexibility index (Phi) is 5.51. The van der Waals surface area contributed by atoms with Gasteiger partial charge in [0.2, 0.25) is 0 Å². The van der Waals surface area contributed by atoms with E-state index in [1.165, 1.54) is 63.0 Å². The molecule has 1 unspecified atom stereocenters. The molecule has 0 radical (unpaired) electrons. The van der Waals surface area contributed by atoms with Crippen molar-refractivity contribution in [1.29, 1.82) is 0 Å². The first-order valence-electron chi connectivity index (χ1n) is 7.15. The number of thioether (sulfide) groups is 1. The van der Waals surface area contributed by atoms with E-state index in [1.807, 2.05) is 0 Å². The molecular weight excluding hydrogens is 214 g/mol. The fraction of sp³-hybridized carbons (Fsp3) is 1.00. The molecule has 0 aromatic rings. The quantitative estimate of drug-likeness (QED) is 0.805. The van der Waals surface area contributed by atoms with Crippen molar-refractivity contribution < 1.29 is 0 Å². The second-order valence-corrected chi connectivity index (χ2v) is 6.93. The van der Waals surface area contributed by atoms with E-state index in [0.717, 1.165) is 17.9 Å². The van der Waals surface area contributed by atoms with Crippen molar-refractivity contribution in [3.05, 3.63) is 0 Å².